The molecule has 0 radical (unpaired) electrons. The Morgan fingerprint density at radius 1 is 1.80 bits per heavy atom. The molecule has 1 nitrogen and oxygen atoms in total. The molecule has 0 fully saturated rings. The van der Waals surface area contributed by atoms with Gasteiger partial charge in [0.15, 0.2) is 0 Å². The third-order valence-corrected chi connectivity index (χ3v) is 0.458. The van der Waals surface area contributed by atoms with E-state index in [1.165, 1.54) is 0 Å². The van der Waals surface area contributed by atoms with E-state index in [0.29, 0.717) is 6.61 Å². The van der Waals surface area contributed by atoms with E-state index in [2.05, 4.69) is 20.2 Å². The molecule has 0 unspecified atom stereocenters. The van der Waals surface area contributed by atoms with Gasteiger partial charge in [-0.05, 0) is 0 Å². The summed E-state index contributed by atoms with van der Waals surface area (Å²) in [7, 11) is 0. The Balaban J connectivity index is 2.19. The fraction of sp³-hybridized carbons (Fsp3) is 1.00. The number of hydrogen-bond acceptors (Lipinski definition) is 1. The average Bonchev–Trinajstić information content (AvgIpc) is 1.41. The molecule has 0 amide bonds. The minimum atomic E-state index is 0.694. The van der Waals surface area contributed by atoms with Crippen molar-refractivity contribution in [3.8, 4) is 0 Å². The van der Waals surface area contributed by atoms with E-state index in [1.54, 1.807) is 0 Å². The van der Waals surface area contributed by atoms with Crippen molar-refractivity contribution in [2.75, 3.05) is 6.61 Å². The van der Waals surface area contributed by atoms with Crippen LogP contribution in [0.15, 0.2) is 0 Å². The van der Waals surface area contributed by atoms with E-state index in [0.717, 1.165) is 6.42 Å². The minimum absolute atomic E-state index is 0.694. The van der Waals surface area contributed by atoms with Crippen molar-refractivity contribution in [3.05, 3.63) is 0 Å². The van der Waals surface area contributed by atoms with Crippen molar-refractivity contribution >= 4 is 0 Å². The molecular formula is C3H7CuO+. The van der Waals surface area contributed by atoms with E-state index < -0.39 is 0 Å². The van der Waals surface area contributed by atoms with Gasteiger partial charge in [0.2, 0.25) is 0 Å². The molecule has 0 aliphatic heterocycles. The van der Waals surface area contributed by atoms with Crippen LogP contribution >= 0.6 is 0 Å². The fourth-order valence-corrected chi connectivity index (χ4v) is 0.254. The Kier molecular flexibility index (Phi) is 4.91. The second-order valence-electron chi connectivity index (χ2n) is 0.791. The van der Waals surface area contributed by atoms with E-state index in [4.69, 9.17) is 0 Å². The molecule has 0 aliphatic carbocycles. The molecule has 0 bridgehead atoms. The first-order valence-electron chi connectivity index (χ1n) is 1.62. The molecule has 2 heteroatoms. The van der Waals surface area contributed by atoms with Crippen LogP contribution in [0.2, 0.25) is 0 Å². The average molecular weight is 123 g/mol. The monoisotopic (exact) mass is 122 g/mol. The van der Waals surface area contributed by atoms with Gasteiger partial charge >= 0.3 is 40.1 Å². The maximum absolute atomic E-state index is 4.27. The first-order valence-corrected chi connectivity index (χ1v) is 2.00. The summed E-state index contributed by atoms with van der Waals surface area (Å²) in [5, 5.41) is 0. The molecule has 0 heterocycles. The molecule has 0 rings (SSSR count). The van der Waals surface area contributed by atoms with Crippen LogP contribution in [0, 0.1) is 0 Å². The third kappa shape index (κ3) is 4.48. The molecule has 0 aromatic rings. The summed E-state index contributed by atoms with van der Waals surface area (Å²) in [6, 6.07) is 0. The Hall–Kier alpha value is 0.479. The second kappa shape index (κ2) is 4.48. The van der Waals surface area contributed by atoms with Gasteiger partial charge in [0, 0.05) is 0 Å². The molecule has 5 heavy (non-hydrogen) atoms. The van der Waals surface area contributed by atoms with Crippen LogP contribution in [0.25, 0.3) is 0 Å². The normalized spacial score (nSPS) is 8.60. The first kappa shape index (κ1) is 5.48. The molecule has 0 spiro atoms. The summed E-state index contributed by atoms with van der Waals surface area (Å²) in [5.41, 5.74) is 0. The predicted octanol–water partition coefficient (Wildman–Crippen LogP) is 0.875. The zero-order valence-corrected chi connectivity index (χ0v) is 4.07. The van der Waals surface area contributed by atoms with Crippen LogP contribution in [0.3, 0.4) is 0 Å². The molecular weight excluding hydrogens is 116 g/mol. The Labute approximate surface area is 40.8 Å². The fourth-order valence-electron chi connectivity index (χ4n) is 0.0615. The van der Waals surface area contributed by atoms with Crippen molar-refractivity contribution in [2.24, 2.45) is 0 Å². The second-order valence-corrected chi connectivity index (χ2v) is 1.06. The number of hydrogen-bond donors (Lipinski definition) is 0. The van der Waals surface area contributed by atoms with Crippen molar-refractivity contribution in [1.82, 2.24) is 0 Å². The number of rotatable bonds is 2. The van der Waals surface area contributed by atoms with Crippen molar-refractivity contribution < 1.29 is 20.2 Å². The molecule has 0 saturated heterocycles. The third-order valence-electron chi connectivity index (χ3n) is 0.266. The molecule has 35 valence electrons. The summed E-state index contributed by atoms with van der Waals surface area (Å²) in [6.07, 6.45) is 1.01. The summed E-state index contributed by atoms with van der Waals surface area (Å²) >= 11 is 4.27. The van der Waals surface area contributed by atoms with Crippen molar-refractivity contribution in [1.29, 1.82) is 0 Å². The first-order chi connectivity index (χ1) is 2.41. The predicted molar refractivity (Wildman–Crippen MR) is 16.2 cm³/mol. The van der Waals surface area contributed by atoms with E-state index in [-0.39, 0.29) is 0 Å². The quantitative estimate of drug-likeness (QED) is 0.494. The molecule has 0 aromatic carbocycles. The molecule has 0 aliphatic rings. The molecule has 0 atom stereocenters. The van der Waals surface area contributed by atoms with Gasteiger partial charge < -0.3 is 0 Å². The van der Waals surface area contributed by atoms with Gasteiger partial charge in [-0.1, -0.05) is 0 Å². The van der Waals surface area contributed by atoms with E-state index in [9.17, 15) is 0 Å². The maximum atomic E-state index is 4.27. The SMILES string of the molecule is CCC[O][Cu+]. The van der Waals surface area contributed by atoms with Gasteiger partial charge in [-0.25, -0.2) is 0 Å². The Bertz CT molecular complexity index is 14.4. The van der Waals surface area contributed by atoms with Gasteiger partial charge in [-0.3, -0.25) is 0 Å². The topological polar surface area (TPSA) is 9.23 Å². The summed E-state index contributed by atoms with van der Waals surface area (Å²) in [5.74, 6) is 0. The van der Waals surface area contributed by atoms with Crippen LogP contribution in [-0.4, -0.2) is 6.61 Å². The van der Waals surface area contributed by atoms with Gasteiger partial charge in [0.05, 0.1) is 0 Å². The van der Waals surface area contributed by atoms with Crippen LogP contribution in [-0.2, 0) is 20.2 Å². The van der Waals surface area contributed by atoms with Gasteiger partial charge in [-0.15, -0.1) is 0 Å². The van der Waals surface area contributed by atoms with Crippen LogP contribution < -0.4 is 0 Å². The zero-order chi connectivity index (χ0) is 4.12. The van der Waals surface area contributed by atoms with Crippen LogP contribution in [0.4, 0.5) is 0 Å². The Morgan fingerprint density at radius 3 is 2.40 bits per heavy atom. The summed E-state index contributed by atoms with van der Waals surface area (Å²) < 4.78 is 4.25. The standard InChI is InChI=1S/C3H7O.Cu/c1-2-3-4;/h2-3H2,1H3;/q-1;+2. The molecule has 0 N–H and O–H groups in total. The Morgan fingerprint density at radius 2 is 2.40 bits per heavy atom. The zero-order valence-electron chi connectivity index (χ0n) is 3.12. The van der Waals surface area contributed by atoms with Crippen molar-refractivity contribution in [2.45, 2.75) is 13.3 Å². The van der Waals surface area contributed by atoms with Gasteiger partial charge in [-0.2, -0.15) is 0 Å². The van der Waals surface area contributed by atoms with E-state index in [1.807, 2.05) is 6.92 Å². The van der Waals surface area contributed by atoms with Gasteiger partial charge in [0.1, 0.15) is 0 Å². The summed E-state index contributed by atoms with van der Waals surface area (Å²) in [6.45, 7) is 2.71. The summed E-state index contributed by atoms with van der Waals surface area (Å²) in [4.78, 5) is 0. The molecule has 0 saturated carbocycles. The van der Waals surface area contributed by atoms with Crippen LogP contribution in [0.5, 0.6) is 0 Å². The van der Waals surface area contributed by atoms with Gasteiger partial charge in [0.25, 0.3) is 0 Å². The van der Waals surface area contributed by atoms with Crippen molar-refractivity contribution in [3.63, 3.8) is 0 Å². The molecule has 0 aromatic heterocycles. The van der Waals surface area contributed by atoms with Crippen LogP contribution in [0.1, 0.15) is 13.3 Å². The van der Waals surface area contributed by atoms with E-state index >= 15 is 0 Å².